The molecule has 0 aliphatic carbocycles. The summed E-state index contributed by atoms with van der Waals surface area (Å²) in [5.41, 5.74) is 0.976. The fourth-order valence-corrected chi connectivity index (χ4v) is 4.36. The number of carboxylic acid groups (broad SMARTS) is 1. The molecule has 2 fully saturated rings. The first-order valence-corrected chi connectivity index (χ1v) is 9.91. The molecule has 152 valence electrons. The highest BCUT2D eigenvalue weighted by atomic mass is 35.5. The van der Waals surface area contributed by atoms with E-state index in [0.29, 0.717) is 44.0 Å². The number of amides is 3. The lowest BCUT2D eigenvalue weighted by Gasteiger charge is -2.32. The summed E-state index contributed by atoms with van der Waals surface area (Å²) in [6.07, 6.45) is 0.299. The third-order valence-corrected chi connectivity index (χ3v) is 6.24. The smallest absolute Gasteiger partial charge is 0.407 e. The Morgan fingerprint density at radius 2 is 1.68 bits per heavy atom. The number of benzene rings is 1. The second kappa shape index (κ2) is 8.39. The molecule has 1 aromatic rings. The van der Waals surface area contributed by atoms with Crippen LogP contribution in [0.25, 0.3) is 0 Å². The zero-order valence-corrected chi connectivity index (χ0v) is 16.9. The molecule has 0 unspecified atom stereocenters. The lowest BCUT2D eigenvalue weighted by Crippen LogP contribution is -2.44. The van der Waals surface area contributed by atoms with Gasteiger partial charge in [0.2, 0.25) is 11.8 Å². The number of likely N-dealkylation sites (N-methyl/N-ethyl adjacent to an activating group) is 1. The molecular weight excluding hydrogens is 382 g/mol. The topological polar surface area (TPSA) is 81.2 Å². The Bertz CT molecular complexity index is 746. The molecule has 2 heterocycles. The Morgan fingerprint density at radius 1 is 1.07 bits per heavy atom. The lowest BCUT2D eigenvalue weighted by molar-refractivity contribution is -0.139. The van der Waals surface area contributed by atoms with Crippen LogP contribution in [-0.2, 0) is 9.59 Å². The van der Waals surface area contributed by atoms with E-state index in [4.69, 9.17) is 11.6 Å². The van der Waals surface area contributed by atoms with Crippen molar-refractivity contribution in [2.24, 2.45) is 5.92 Å². The summed E-state index contributed by atoms with van der Waals surface area (Å²) in [6.45, 7) is 3.60. The fourth-order valence-electron chi connectivity index (χ4n) is 4.24. The molecule has 8 heteroatoms. The van der Waals surface area contributed by atoms with Gasteiger partial charge in [-0.1, -0.05) is 23.7 Å². The molecule has 3 rings (SSSR count). The van der Waals surface area contributed by atoms with Crippen molar-refractivity contribution in [2.75, 3.05) is 33.2 Å². The molecule has 2 atom stereocenters. The van der Waals surface area contributed by atoms with Crippen LogP contribution in [0.3, 0.4) is 0 Å². The minimum atomic E-state index is -1.01. The number of halogens is 1. The minimum Gasteiger partial charge on any atom is -0.465 e. The quantitative estimate of drug-likeness (QED) is 0.834. The second-order valence-electron chi connectivity index (χ2n) is 7.64. The van der Waals surface area contributed by atoms with E-state index in [0.717, 1.165) is 5.56 Å². The third-order valence-electron chi connectivity index (χ3n) is 5.99. The summed E-state index contributed by atoms with van der Waals surface area (Å²) in [4.78, 5) is 41.0. The van der Waals surface area contributed by atoms with Crippen LogP contribution >= 0.6 is 11.6 Å². The largest absolute Gasteiger partial charge is 0.465 e. The Morgan fingerprint density at radius 3 is 2.21 bits per heavy atom. The summed E-state index contributed by atoms with van der Waals surface area (Å²) < 4.78 is 0. The maximum absolute atomic E-state index is 13.1. The first-order chi connectivity index (χ1) is 13.3. The highest BCUT2D eigenvalue weighted by molar-refractivity contribution is 6.30. The average molecular weight is 408 g/mol. The Balaban J connectivity index is 1.74. The number of carbonyl (C=O) groups is 3. The fraction of sp³-hybridized carbons (Fsp3) is 0.550. The van der Waals surface area contributed by atoms with Crippen LogP contribution < -0.4 is 0 Å². The summed E-state index contributed by atoms with van der Waals surface area (Å²) >= 11 is 5.99. The summed E-state index contributed by atoms with van der Waals surface area (Å²) in [5, 5.41) is 10.1. The van der Waals surface area contributed by atoms with Gasteiger partial charge in [0, 0.05) is 57.0 Å². The van der Waals surface area contributed by atoms with Crippen molar-refractivity contribution in [1.29, 1.82) is 0 Å². The highest BCUT2D eigenvalue weighted by Crippen LogP contribution is 2.33. The van der Waals surface area contributed by atoms with Crippen molar-refractivity contribution in [3.05, 3.63) is 34.9 Å². The average Bonchev–Trinajstić information content (AvgIpc) is 3.12. The van der Waals surface area contributed by atoms with Crippen LogP contribution in [0.15, 0.2) is 24.3 Å². The number of nitrogens with zero attached hydrogens (tertiary/aromatic N) is 3. The molecule has 0 spiro atoms. The number of hydrogen-bond acceptors (Lipinski definition) is 3. The van der Waals surface area contributed by atoms with E-state index in [1.807, 2.05) is 12.1 Å². The molecule has 1 aromatic carbocycles. The van der Waals surface area contributed by atoms with Gasteiger partial charge in [-0.05, 0) is 30.5 Å². The molecule has 0 radical (unpaired) electrons. The van der Waals surface area contributed by atoms with Gasteiger partial charge < -0.3 is 19.8 Å². The van der Waals surface area contributed by atoms with Gasteiger partial charge in [-0.25, -0.2) is 4.79 Å². The normalized spacial score (nSPS) is 23.0. The van der Waals surface area contributed by atoms with E-state index in [9.17, 15) is 19.5 Å². The van der Waals surface area contributed by atoms with Crippen LogP contribution in [0, 0.1) is 5.92 Å². The molecule has 2 aliphatic heterocycles. The number of rotatable bonds is 3. The number of carbonyl (C=O) groups excluding carboxylic acids is 2. The van der Waals surface area contributed by atoms with Crippen molar-refractivity contribution in [3.8, 4) is 0 Å². The highest BCUT2D eigenvalue weighted by Gasteiger charge is 2.42. The molecular formula is C20H26ClN3O4. The van der Waals surface area contributed by atoms with Crippen LogP contribution in [0.1, 0.15) is 31.2 Å². The predicted octanol–water partition coefficient (Wildman–Crippen LogP) is 2.50. The van der Waals surface area contributed by atoms with E-state index >= 15 is 0 Å². The van der Waals surface area contributed by atoms with Crippen molar-refractivity contribution in [1.82, 2.24) is 14.7 Å². The zero-order chi connectivity index (χ0) is 20.4. The van der Waals surface area contributed by atoms with Gasteiger partial charge in [0.15, 0.2) is 0 Å². The molecule has 3 amide bonds. The van der Waals surface area contributed by atoms with Crippen molar-refractivity contribution in [3.63, 3.8) is 0 Å². The summed E-state index contributed by atoms with van der Waals surface area (Å²) in [6, 6.07) is 7.07. The van der Waals surface area contributed by atoms with Gasteiger partial charge in [-0.3, -0.25) is 9.59 Å². The Hall–Kier alpha value is -2.28. The van der Waals surface area contributed by atoms with E-state index in [1.54, 1.807) is 35.9 Å². The third kappa shape index (κ3) is 4.24. The molecule has 2 saturated heterocycles. The maximum atomic E-state index is 13.1. The lowest BCUT2D eigenvalue weighted by atomic mass is 9.93. The van der Waals surface area contributed by atoms with Crippen molar-refractivity contribution < 1.29 is 19.5 Å². The van der Waals surface area contributed by atoms with Crippen LogP contribution in [0.2, 0.25) is 5.02 Å². The van der Waals surface area contributed by atoms with Crippen molar-refractivity contribution in [2.45, 2.75) is 31.7 Å². The van der Waals surface area contributed by atoms with Crippen LogP contribution in [0.5, 0.6) is 0 Å². The van der Waals surface area contributed by atoms with E-state index in [1.165, 1.54) is 4.90 Å². The second-order valence-corrected chi connectivity index (χ2v) is 8.08. The number of hydrogen-bond donors (Lipinski definition) is 1. The molecule has 2 aliphatic rings. The SMILES string of the molecule is CC(=O)N1CCC(C(=O)N2C[C@@H](N(C)C(=O)O)[C@H](c3ccc(Cl)cc3)C2)CC1. The summed E-state index contributed by atoms with van der Waals surface area (Å²) in [7, 11) is 1.55. The van der Waals surface area contributed by atoms with E-state index in [-0.39, 0.29) is 29.7 Å². The molecule has 0 aromatic heterocycles. The van der Waals surface area contributed by atoms with Gasteiger partial charge in [-0.15, -0.1) is 0 Å². The van der Waals surface area contributed by atoms with E-state index in [2.05, 4.69) is 0 Å². The van der Waals surface area contributed by atoms with Gasteiger partial charge in [0.25, 0.3) is 0 Å². The van der Waals surface area contributed by atoms with E-state index < -0.39 is 6.09 Å². The molecule has 0 bridgehead atoms. The standard InChI is InChI=1S/C20H26ClN3O4/c1-13(25)23-9-7-15(8-10-23)19(26)24-11-17(14-3-5-16(21)6-4-14)18(12-24)22(2)20(27)28/h3-6,15,17-18H,7-12H2,1-2H3,(H,27,28)/t17-,18+/m0/s1. The zero-order valence-electron chi connectivity index (χ0n) is 16.2. The molecule has 28 heavy (non-hydrogen) atoms. The van der Waals surface area contributed by atoms with Gasteiger partial charge in [0.05, 0.1) is 6.04 Å². The minimum absolute atomic E-state index is 0.0398. The van der Waals surface area contributed by atoms with Gasteiger partial charge in [-0.2, -0.15) is 0 Å². The maximum Gasteiger partial charge on any atom is 0.407 e. The van der Waals surface area contributed by atoms with Crippen LogP contribution in [-0.4, -0.2) is 77.0 Å². The van der Waals surface area contributed by atoms with Crippen molar-refractivity contribution >= 4 is 29.5 Å². The monoisotopic (exact) mass is 407 g/mol. The predicted molar refractivity (Wildman–Crippen MR) is 105 cm³/mol. The molecule has 1 N–H and O–H groups in total. The molecule has 7 nitrogen and oxygen atoms in total. The van der Waals surface area contributed by atoms with Gasteiger partial charge >= 0.3 is 6.09 Å². The number of likely N-dealkylation sites (tertiary alicyclic amines) is 2. The first-order valence-electron chi connectivity index (χ1n) is 9.53. The Labute approximate surface area is 169 Å². The summed E-state index contributed by atoms with van der Waals surface area (Å²) in [5.74, 6) is -0.114. The van der Waals surface area contributed by atoms with Crippen LogP contribution in [0.4, 0.5) is 4.79 Å². The Kier molecular flexibility index (Phi) is 6.13. The number of piperidine rings is 1. The molecule has 0 saturated carbocycles. The van der Waals surface area contributed by atoms with Gasteiger partial charge in [0.1, 0.15) is 0 Å². The first kappa shape index (κ1) is 20.5.